The summed E-state index contributed by atoms with van der Waals surface area (Å²) in [5.74, 6) is 1.67. The molecule has 0 amide bonds. The maximum atomic E-state index is 5.47. The van der Waals surface area contributed by atoms with Crippen molar-refractivity contribution in [3.63, 3.8) is 0 Å². The third-order valence-electron chi connectivity index (χ3n) is 3.96. The van der Waals surface area contributed by atoms with Crippen LogP contribution in [0.15, 0.2) is 47.5 Å². The van der Waals surface area contributed by atoms with E-state index in [9.17, 15) is 0 Å². The highest BCUT2D eigenvalue weighted by atomic mass is 16.5. The molecule has 0 bridgehead atoms. The van der Waals surface area contributed by atoms with Crippen LogP contribution in [0, 0.1) is 6.92 Å². The zero-order valence-corrected chi connectivity index (χ0v) is 16.1. The highest BCUT2D eigenvalue weighted by Crippen LogP contribution is 2.19. The molecule has 0 fully saturated rings. The smallest absolute Gasteiger partial charge is 0.191 e. The minimum Gasteiger partial charge on any atom is -0.496 e. The van der Waals surface area contributed by atoms with Crippen LogP contribution in [-0.4, -0.2) is 26.7 Å². The molecule has 2 rings (SSSR count). The summed E-state index contributed by atoms with van der Waals surface area (Å²) in [6.07, 6.45) is 0. The second-order valence-electron chi connectivity index (χ2n) is 6.12. The number of hydrogen-bond donors (Lipinski definition) is 2. The quantitative estimate of drug-likeness (QED) is 0.563. The molecule has 0 heterocycles. The predicted molar refractivity (Wildman–Crippen MR) is 107 cm³/mol. The number of benzene rings is 2. The number of rotatable bonds is 8. The number of aliphatic imine (C=N–C) groups is 1. The first kappa shape index (κ1) is 19.8. The van der Waals surface area contributed by atoms with E-state index in [1.165, 1.54) is 5.56 Å². The minimum atomic E-state index is 0.609. The van der Waals surface area contributed by atoms with Crippen molar-refractivity contribution < 1.29 is 9.47 Å². The van der Waals surface area contributed by atoms with Crippen LogP contribution in [0.2, 0.25) is 0 Å². The van der Waals surface area contributed by atoms with Crippen molar-refractivity contribution in [3.8, 4) is 5.75 Å². The minimum absolute atomic E-state index is 0.609. The molecule has 0 atom stereocenters. The van der Waals surface area contributed by atoms with Crippen molar-refractivity contribution in [1.82, 2.24) is 10.6 Å². The normalized spacial score (nSPS) is 11.3. The molecule has 2 N–H and O–H groups in total. The van der Waals surface area contributed by atoms with Gasteiger partial charge in [-0.15, -0.1) is 0 Å². The van der Waals surface area contributed by atoms with E-state index in [2.05, 4.69) is 59.8 Å². The SMILES string of the molecule is CCNC(=NCc1cccc(COC)c1)NCc1ccc(C)cc1OC. The molecule has 26 heavy (non-hydrogen) atoms. The molecule has 5 nitrogen and oxygen atoms in total. The maximum absolute atomic E-state index is 5.47. The number of nitrogens with zero attached hydrogens (tertiary/aromatic N) is 1. The molecule has 0 aliphatic heterocycles. The van der Waals surface area contributed by atoms with Gasteiger partial charge in [-0.1, -0.05) is 36.4 Å². The topological polar surface area (TPSA) is 54.9 Å². The van der Waals surface area contributed by atoms with Crippen molar-refractivity contribution in [2.45, 2.75) is 33.5 Å². The molecule has 0 saturated heterocycles. The van der Waals surface area contributed by atoms with Crippen LogP contribution in [0.5, 0.6) is 5.75 Å². The summed E-state index contributed by atoms with van der Waals surface area (Å²) in [6.45, 7) is 6.80. The van der Waals surface area contributed by atoms with Crippen LogP contribution in [0.3, 0.4) is 0 Å². The molecular weight excluding hydrogens is 326 g/mol. The molecule has 2 aromatic carbocycles. The number of guanidine groups is 1. The van der Waals surface area contributed by atoms with Crippen molar-refractivity contribution >= 4 is 5.96 Å². The summed E-state index contributed by atoms with van der Waals surface area (Å²) in [6, 6.07) is 14.5. The summed E-state index contributed by atoms with van der Waals surface area (Å²) >= 11 is 0. The molecular formula is C21H29N3O2. The van der Waals surface area contributed by atoms with Crippen LogP contribution >= 0.6 is 0 Å². The lowest BCUT2D eigenvalue weighted by Gasteiger charge is -2.14. The average Bonchev–Trinajstić information content (AvgIpc) is 2.65. The Morgan fingerprint density at radius 2 is 1.85 bits per heavy atom. The third-order valence-corrected chi connectivity index (χ3v) is 3.96. The lowest BCUT2D eigenvalue weighted by Crippen LogP contribution is -2.36. The van der Waals surface area contributed by atoms with Gasteiger partial charge in [0.1, 0.15) is 5.75 Å². The van der Waals surface area contributed by atoms with Gasteiger partial charge < -0.3 is 20.1 Å². The molecule has 0 saturated carbocycles. The molecule has 0 unspecified atom stereocenters. The zero-order chi connectivity index (χ0) is 18.8. The second-order valence-corrected chi connectivity index (χ2v) is 6.12. The summed E-state index contributed by atoms with van der Waals surface area (Å²) < 4.78 is 10.7. The van der Waals surface area contributed by atoms with Crippen LogP contribution in [0.4, 0.5) is 0 Å². The van der Waals surface area contributed by atoms with Gasteiger partial charge in [-0.05, 0) is 36.6 Å². The number of ether oxygens (including phenoxy) is 2. The molecule has 0 radical (unpaired) electrons. The highest BCUT2D eigenvalue weighted by molar-refractivity contribution is 5.79. The van der Waals surface area contributed by atoms with Crippen LogP contribution in [0.25, 0.3) is 0 Å². The molecule has 0 aliphatic carbocycles. The maximum Gasteiger partial charge on any atom is 0.191 e. The van der Waals surface area contributed by atoms with Gasteiger partial charge >= 0.3 is 0 Å². The summed E-state index contributed by atoms with van der Waals surface area (Å²) in [7, 11) is 3.40. The fourth-order valence-electron chi connectivity index (χ4n) is 2.67. The monoisotopic (exact) mass is 355 g/mol. The molecule has 0 aliphatic rings. The Kier molecular flexibility index (Phi) is 7.96. The third kappa shape index (κ3) is 6.08. The van der Waals surface area contributed by atoms with Gasteiger partial charge in [-0.3, -0.25) is 0 Å². The van der Waals surface area contributed by atoms with Crippen LogP contribution in [-0.2, 0) is 24.4 Å². The highest BCUT2D eigenvalue weighted by Gasteiger charge is 2.05. The molecule has 2 aromatic rings. The first-order chi connectivity index (χ1) is 12.7. The van der Waals surface area contributed by atoms with Crippen molar-refractivity contribution in [2.75, 3.05) is 20.8 Å². The van der Waals surface area contributed by atoms with Gasteiger partial charge in [0.2, 0.25) is 0 Å². The number of hydrogen-bond acceptors (Lipinski definition) is 3. The lowest BCUT2D eigenvalue weighted by molar-refractivity contribution is 0.185. The largest absolute Gasteiger partial charge is 0.496 e. The summed E-state index contributed by atoms with van der Waals surface area (Å²) in [5, 5.41) is 6.66. The Hall–Kier alpha value is -2.53. The molecule has 5 heteroatoms. The van der Waals surface area contributed by atoms with E-state index >= 15 is 0 Å². The van der Waals surface area contributed by atoms with Gasteiger partial charge in [0.25, 0.3) is 0 Å². The summed E-state index contributed by atoms with van der Waals surface area (Å²) in [5.41, 5.74) is 4.60. The Balaban J connectivity index is 2.04. The zero-order valence-electron chi connectivity index (χ0n) is 16.1. The Morgan fingerprint density at radius 3 is 2.58 bits per heavy atom. The standard InChI is InChI=1S/C21H29N3O2/c1-5-22-21(23-13-17-7-6-8-18(12-17)15-25-3)24-14-19-10-9-16(2)11-20(19)26-4/h6-12H,5,13-15H2,1-4H3,(H2,22,23,24). The predicted octanol–water partition coefficient (Wildman–Crippen LogP) is 3.41. The van der Waals surface area contributed by atoms with Crippen LogP contribution in [0.1, 0.15) is 29.2 Å². The van der Waals surface area contributed by atoms with Gasteiger partial charge in [0.05, 0.1) is 20.3 Å². The Labute approximate surface area is 156 Å². The fourth-order valence-corrected chi connectivity index (χ4v) is 2.67. The van der Waals surface area contributed by atoms with E-state index in [1.54, 1.807) is 14.2 Å². The lowest BCUT2D eigenvalue weighted by atomic mass is 10.1. The van der Waals surface area contributed by atoms with Crippen molar-refractivity contribution in [2.24, 2.45) is 4.99 Å². The van der Waals surface area contributed by atoms with E-state index in [1.807, 2.05) is 12.1 Å². The van der Waals surface area contributed by atoms with E-state index in [0.717, 1.165) is 34.9 Å². The van der Waals surface area contributed by atoms with Crippen molar-refractivity contribution in [1.29, 1.82) is 0 Å². The van der Waals surface area contributed by atoms with Crippen LogP contribution < -0.4 is 15.4 Å². The van der Waals surface area contributed by atoms with Gasteiger partial charge in [-0.2, -0.15) is 0 Å². The first-order valence-corrected chi connectivity index (χ1v) is 8.88. The number of aryl methyl sites for hydroxylation is 1. The van der Waals surface area contributed by atoms with Gasteiger partial charge in [-0.25, -0.2) is 4.99 Å². The summed E-state index contributed by atoms with van der Waals surface area (Å²) in [4.78, 5) is 4.69. The molecule has 140 valence electrons. The van der Waals surface area contributed by atoms with E-state index < -0.39 is 0 Å². The number of methoxy groups -OCH3 is 2. The second kappa shape index (κ2) is 10.5. The van der Waals surface area contributed by atoms with E-state index in [-0.39, 0.29) is 0 Å². The van der Waals surface area contributed by atoms with E-state index in [4.69, 9.17) is 9.47 Å². The fraction of sp³-hybridized carbons (Fsp3) is 0.381. The van der Waals surface area contributed by atoms with Gasteiger partial charge in [0, 0.05) is 25.8 Å². The molecule has 0 spiro atoms. The van der Waals surface area contributed by atoms with Gasteiger partial charge in [0.15, 0.2) is 5.96 Å². The Morgan fingerprint density at radius 1 is 1.04 bits per heavy atom. The van der Waals surface area contributed by atoms with Crippen molar-refractivity contribution in [3.05, 3.63) is 64.7 Å². The first-order valence-electron chi connectivity index (χ1n) is 8.88. The molecule has 0 aromatic heterocycles. The number of nitrogens with one attached hydrogen (secondary N) is 2. The van der Waals surface area contributed by atoms with E-state index in [0.29, 0.717) is 19.7 Å². The Bertz CT molecular complexity index is 729. The average molecular weight is 355 g/mol.